The van der Waals surface area contributed by atoms with Crippen LogP contribution in [0.1, 0.15) is 15.2 Å². The first-order valence-electron chi connectivity index (χ1n) is 9.69. The van der Waals surface area contributed by atoms with Gasteiger partial charge in [-0.25, -0.2) is 0 Å². The van der Waals surface area contributed by atoms with Crippen molar-refractivity contribution in [3.05, 3.63) is 58.4 Å². The van der Waals surface area contributed by atoms with Gasteiger partial charge in [0, 0.05) is 23.6 Å². The maximum atomic E-state index is 12.4. The molecule has 1 aliphatic rings. The highest BCUT2D eigenvalue weighted by atomic mass is 32.1. The molecule has 0 saturated carbocycles. The number of thiophene rings is 1. The summed E-state index contributed by atoms with van der Waals surface area (Å²) in [5.74, 6) is 0.185. The number of benzene rings is 1. The Labute approximate surface area is 168 Å². The van der Waals surface area contributed by atoms with E-state index in [9.17, 15) is 9.59 Å². The van der Waals surface area contributed by atoms with E-state index in [1.54, 1.807) is 0 Å². The van der Waals surface area contributed by atoms with Crippen molar-refractivity contribution in [3.63, 3.8) is 0 Å². The molecule has 0 spiro atoms. The number of nitrogens with zero attached hydrogens (tertiary/aromatic N) is 1. The van der Waals surface area contributed by atoms with Crippen molar-refractivity contribution in [3.8, 4) is 0 Å². The van der Waals surface area contributed by atoms with Crippen LogP contribution in [0.4, 0.5) is 0 Å². The Morgan fingerprint density at radius 1 is 1.14 bits per heavy atom. The summed E-state index contributed by atoms with van der Waals surface area (Å²) in [6, 6.07) is 12.0. The number of aromatic nitrogens is 1. The normalized spacial score (nSPS) is 15.1. The first-order valence-corrected chi connectivity index (χ1v) is 10.6. The number of piperazine rings is 1. The van der Waals surface area contributed by atoms with Crippen molar-refractivity contribution in [1.82, 2.24) is 15.2 Å². The number of para-hydroxylation sites is 1. The molecule has 0 bridgehead atoms. The number of carbonyl (C=O) groups is 2. The lowest BCUT2D eigenvalue weighted by Crippen LogP contribution is -3.15. The quantitative estimate of drug-likeness (QED) is 0.579. The van der Waals surface area contributed by atoms with Crippen LogP contribution in [-0.4, -0.2) is 61.0 Å². The van der Waals surface area contributed by atoms with Gasteiger partial charge >= 0.3 is 0 Å². The monoisotopic (exact) mass is 397 g/mol. The second kappa shape index (κ2) is 8.58. The number of hydrogen-bond donors (Lipinski definition) is 3. The van der Waals surface area contributed by atoms with Crippen molar-refractivity contribution < 1.29 is 14.5 Å². The largest absolute Gasteiger partial charge is 0.361 e. The van der Waals surface area contributed by atoms with Crippen molar-refractivity contribution in [2.45, 2.75) is 6.42 Å². The van der Waals surface area contributed by atoms with Crippen LogP contribution >= 0.6 is 11.3 Å². The maximum Gasteiger partial charge on any atom is 0.275 e. The Balaban J connectivity index is 1.19. The van der Waals surface area contributed by atoms with Gasteiger partial charge in [0.25, 0.3) is 11.8 Å². The molecule has 2 amide bonds. The average molecular weight is 398 g/mol. The zero-order valence-electron chi connectivity index (χ0n) is 15.7. The Morgan fingerprint density at radius 2 is 1.96 bits per heavy atom. The van der Waals surface area contributed by atoms with Crippen LogP contribution in [-0.2, 0) is 11.2 Å². The number of hydrogen-bond acceptors (Lipinski definition) is 3. The van der Waals surface area contributed by atoms with Gasteiger partial charge in [-0.3, -0.25) is 9.59 Å². The molecule has 3 aromatic rings. The van der Waals surface area contributed by atoms with E-state index in [2.05, 4.69) is 22.4 Å². The molecule has 0 unspecified atom stereocenters. The standard InChI is InChI=1S/C21H24N4O2S/c26-20(22-8-7-16-14-23-18-5-2-1-4-17(16)18)15-24-9-11-25(12-10-24)21(27)19-6-3-13-28-19/h1-6,13-14,23H,7-12,15H2,(H,22,26)/p+1. The van der Waals surface area contributed by atoms with Crippen LogP contribution in [0.15, 0.2) is 48.0 Å². The molecule has 1 aromatic carbocycles. The molecule has 3 N–H and O–H groups in total. The Bertz CT molecular complexity index is 942. The Hall–Kier alpha value is -2.64. The molecule has 1 fully saturated rings. The minimum absolute atomic E-state index is 0.0767. The predicted molar refractivity (Wildman–Crippen MR) is 111 cm³/mol. The Kier molecular flexibility index (Phi) is 5.73. The van der Waals surface area contributed by atoms with Crippen molar-refractivity contribution in [2.75, 3.05) is 39.3 Å². The summed E-state index contributed by atoms with van der Waals surface area (Å²) in [5.41, 5.74) is 2.35. The van der Waals surface area contributed by atoms with E-state index in [4.69, 9.17) is 0 Å². The summed E-state index contributed by atoms with van der Waals surface area (Å²) < 4.78 is 0. The van der Waals surface area contributed by atoms with Crippen molar-refractivity contribution in [2.24, 2.45) is 0 Å². The molecule has 0 atom stereocenters. The first-order chi connectivity index (χ1) is 13.7. The third-order valence-electron chi connectivity index (χ3n) is 5.29. The third-order valence-corrected chi connectivity index (χ3v) is 6.15. The highest BCUT2D eigenvalue weighted by Crippen LogP contribution is 2.17. The van der Waals surface area contributed by atoms with E-state index < -0.39 is 0 Å². The molecule has 2 aromatic heterocycles. The van der Waals surface area contributed by atoms with Crippen LogP contribution in [0.2, 0.25) is 0 Å². The molecule has 1 saturated heterocycles. The minimum Gasteiger partial charge on any atom is -0.361 e. The highest BCUT2D eigenvalue weighted by molar-refractivity contribution is 7.12. The molecule has 28 heavy (non-hydrogen) atoms. The third kappa shape index (κ3) is 4.26. The lowest BCUT2D eigenvalue weighted by Gasteiger charge is -2.31. The summed E-state index contributed by atoms with van der Waals surface area (Å²) in [4.78, 5) is 31.9. The lowest BCUT2D eigenvalue weighted by molar-refractivity contribution is -0.896. The van der Waals surface area contributed by atoms with Gasteiger partial charge in [0.2, 0.25) is 0 Å². The van der Waals surface area contributed by atoms with E-state index in [-0.39, 0.29) is 11.8 Å². The van der Waals surface area contributed by atoms with Crippen LogP contribution in [0.25, 0.3) is 10.9 Å². The first kappa shape index (κ1) is 18.7. The molecule has 7 heteroatoms. The lowest BCUT2D eigenvalue weighted by atomic mass is 10.1. The molecule has 0 aliphatic carbocycles. The van der Waals surface area contributed by atoms with Gasteiger partial charge in [-0.2, -0.15) is 0 Å². The summed E-state index contributed by atoms with van der Waals surface area (Å²) >= 11 is 1.48. The molecule has 1 aliphatic heterocycles. The molecule has 3 heterocycles. The molecule has 6 nitrogen and oxygen atoms in total. The smallest absolute Gasteiger partial charge is 0.275 e. The second-order valence-corrected chi connectivity index (χ2v) is 8.10. The molecule has 146 valence electrons. The van der Waals surface area contributed by atoms with Gasteiger partial charge in [0.15, 0.2) is 6.54 Å². The van der Waals surface area contributed by atoms with Crippen molar-refractivity contribution in [1.29, 1.82) is 0 Å². The van der Waals surface area contributed by atoms with Gasteiger partial charge in [0.05, 0.1) is 31.1 Å². The topological polar surface area (TPSA) is 69.6 Å². The fourth-order valence-electron chi connectivity index (χ4n) is 3.72. The van der Waals surface area contributed by atoms with Crippen LogP contribution < -0.4 is 10.2 Å². The number of quaternary nitrogens is 1. The number of amides is 2. The SMILES string of the molecule is O=C(C[NH+]1CCN(C(=O)c2cccs2)CC1)NCCc1c[nH]c2ccccc12. The predicted octanol–water partition coefficient (Wildman–Crippen LogP) is 0.929. The minimum atomic E-state index is 0.0767. The van der Waals surface area contributed by atoms with Gasteiger partial charge in [-0.15, -0.1) is 11.3 Å². The van der Waals surface area contributed by atoms with E-state index in [0.717, 1.165) is 29.9 Å². The fraction of sp³-hybridized carbons (Fsp3) is 0.333. The summed E-state index contributed by atoms with van der Waals surface area (Å²) in [6.07, 6.45) is 2.83. The van der Waals surface area contributed by atoms with Gasteiger partial charge in [-0.1, -0.05) is 24.3 Å². The second-order valence-electron chi connectivity index (χ2n) is 7.16. The van der Waals surface area contributed by atoms with Crippen molar-refractivity contribution >= 4 is 34.1 Å². The number of H-pyrrole nitrogens is 1. The summed E-state index contributed by atoms with van der Waals surface area (Å²) in [6.45, 7) is 4.13. The molecular formula is C21H25N4O2S+. The molecular weight excluding hydrogens is 372 g/mol. The molecule has 4 rings (SSSR count). The number of nitrogens with one attached hydrogen (secondary N) is 3. The van der Waals surface area contributed by atoms with E-state index in [1.165, 1.54) is 27.2 Å². The maximum absolute atomic E-state index is 12.4. The number of aromatic amines is 1. The summed E-state index contributed by atoms with van der Waals surface area (Å²) in [7, 11) is 0. The number of fused-ring (bicyclic) bond motifs is 1. The number of carbonyl (C=O) groups excluding carboxylic acids is 2. The average Bonchev–Trinajstić information content (AvgIpc) is 3.39. The van der Waals surface area contributed by atoms with Crippen LogP contribution in [0.3, 0.4) is 0 Å². The zero-order valence-corrected chi connectivity index (χ0v) is 16.6. The van der Waals surface area contributed by atoms with E-state index in [0.29, 0.717) is 26.2 Å². The van der Waals surface area contributed by atoms with E-state index >= 15 is 0 Å². The van der Waals surface area contributed by atoms with Crippen LogP contribution in [0.5, 0.6) is 0 Å². The highest BCUT2D eigenvalue weighted by Gasteiger charge is 2.26. The van der Waals surface area contributed by atoms with Gasteiger partial charge < -0.3 is 20.1 Å². The molecule has 0 radical (unpaired) electrons. The summed E-state index contributed by atoms with van der Waals surface area (Å²) in [5, 5.41) is 6.18. The van der Waals surface area contributed by atoms with Gasteiger partial charge in [0.1, 0.15) is 0 Å². The van der Waals surface area contributed by atoms with E-state index in [1.807, 2.05) is 40.7 Å². The fourth-order valence-corrected chi connectivity index (χ4v) is 4.41. The number of rotatable bonds is 6. The zero-order chi connectivity index (χ0) is 19.3. The Morgan fingerprint density at radius 3 is 2.75 bits per heavy atom. The van der Waals surface area contributed by atoms with Crippen LogP contribution in [0, 0.1) is 0 Å². The van der Waals surface area contributed by atoms with Gasteiger partial charge in [-0.05, 0) is 29.5 Å².